The van der Waals surface area contributed by atoms with Crippen LogP contribution in [-0.2, 0) is 11.3 Å². The van der Waals surface area contributed by atoms with E-state index in [1.165, 1.54) is 4.90 Å². The fourth-order valence-corrected chi connectivity index (χ4v) is 1.57. The fraction of sp³-hybridized carbons (Fsp3) is 0.300. The number of amides is 1. The Kier molecular flexibility index (Phi) is 2.57. The summed E-state index contributed by atoms with van der Waals surface area (Å²) in [5.41, 5.74) is 12.7. The summed E-state index contributed by atoms with van der Waals surface area (Å²) < 4.78 is 5.28. The third-order valence-corrected chi connectivity index (χ3v) is 2.38. The van der Waals surface area contributed by atoms with Gasteiger partial charge in [0.2, 0.25) is 0 Å². The second-order valence-electron chi connectivity index (χ2n) is 3.30. The molecule has 0 spiro atoms. The summed E-state index contributed by atoms with van der Waals surface area (Å²) in [6, 6.07) is 5.52. The standard InChI is InChI=1S/C10H13N3O2/c11-4-7-1-2-9-8(3-7)13(6-12)10(14)5-15-9/h1-3H,4-6,11-12H2. The molecule has 5 nitrogen and oxygen atoms in total. The molecule has 0 atom stereocenters. The van der Waals surface area contributed by atoms with E-state index in [1.807, 2.05) is 18.2 Å². The molecule has 0 unspecified atom stereocenters. The lowest BCUT2D eigenvalue weighted by molar-refractivity contribution is -0.121. The molecule has 4 N–H and O–H groups in total. The first-order chi connectivity index (χ1) is 7.26. The average molecular weight is 207 g/mol. The summed E-state index contributed by atoms with van der Waals surface area (Å²) in [4.78, 5) is 13.0. The van der Waals surface area contributed by atoms with Crippen LogP contribution in [0.4, 0.5) is 5.69 Å². The number of carbonyl (C=O) groups excluding carboxylic acids is 1. The lowest BCUT2D eigenvalue weighted by Crippen LogP contribution is -2.42. The molecule has 0 aliphatic carbocycles. The molecule has 5 heteroatoms. The quantitative estimate of drug-likeness (QED) is 0.703. The van der Waals surface area contributed by atoms with Crippen LogP contribution < -0.4 is 21.1 Å². The summed E-state index contributed by atoms with van der Waals surface area (Å²) >= 11 is 0. The third-order valence-electron chi connectivity index (χ3n) is 2.38. The van der Waals surface area contributed by atoms with E-state index < -0.39 is 0 Å². The Morgan fingerprint density at radius 2 is 2.20 bits per heavy atom. The van der Waals surface area contributed by atoms with Crippen molar-refractivity contribution in [3.63, 3.8) is 0 Å². The van der Waals surface area contributed by atoms with E-state index in [9.17, 15) is 4.79 Å². The molecule has 15 heavy (non-hydrogen) atoms. The molecule has 1 aromatic rings. The summed E-state index contributed by atoms with van der Waals surface area (Å²) in [5.74, 6) is 0.552. The molecule has 1 amide bonds. The van der Waals surface area contributed by atoms with Gasteiger partial charge in [-0.15, -0.1) is 0 Å². The minimum Gasteiger partial charge on any atom is -0.482 e. The maximum atomic E-state index is 11.5. The topological polar surface area (TPSA) is 81.6 Å². The van der Waals surface area contributed by atoms with Crippen molar-refractivity contribution < 1.29 is 9.53 Å². The van der Waals surface area contributed by atoms with Gasteiger partial charge in [-0.2, -0.15) is 0 Å². The Morgan fingerprint density at radius 3 is 2.87 bits per heavy atom. The highest BCUT2D eigenvalue weighted by molar-refractivity contribution is 5.97. The van der Waals surface area contributed by atoms with Crippen LogP contribution in [0.3, 0.4) is 0 Å². The number of carbonyl (C=O) groups is 1. The number of nitrogens with zero attached hydrogens (tertiary/aromatic N) is 1. The van der Waals surface area contributed by atoms with Gasteiger partial charge in [0.15, 0.2) is 6.61 Å². The van der Waals surface area contributed by atoms with Gasteiger partial charge in [-0.1, -0.05) is 6.07 Å². The summed E-state index contributed by atoms with van der Waals surface area (Å²) in [5, 5.41) is 0. The number of ether oxygens (including phenoxy) is 1. The highest BCUT2D eigenvalue weighted by Crippen LogP contribution is 2.32. The van der Waals surface area contributed by atoms with Gasteiger partial charge in [-0.25, -0.2) is 0 Å². The van der Waals surface area contributed by atoms with Crippen LogP contribution in [0.25, 0.3) is 0 Å². The van der Waals surface area contributed by atoms with Crippen molar-refractivity contribution >= 4 is 11.6 Å². The van der Waals surface area contributed by atoms with Crippen LogP contribution >= 0.6 is 0 Å². The molecule has 0 fully saturated rings. The van der Waals surface area contributed by atoms with Crippen LogP contribution in [-0.4, -0.2) is 19.2 Å². The van der Waals surface area contributed by atoms with Crippen LogP contribution in [0.15, 0.2) is 18.2 Å². The molecule has 0 radical (unpaired) electrons. The fourth-order valence-electron chi connectivity index (χ4n) is 1.57. The highest BCUT2D eigenvalue weighted by Gasteiger charge is 2.24. The number of benzene rings is 1. The minimum absolute atomic E-state index is 0.0478. The zero-order chi connectivity index (χ0) is 10.8. The smallest absolute Gasteiger partial charge is 0.266 e. The molecule has 0 saturated carbocycles. The number of anilines is 1. The molecule has 1 aromatic carbocycles. The normalized spacial score (nSPS) is 14.8. The number of hydrogen-bond donors (Lipinski definition) is 2. The largest absolute Gasteiger partial charge is 0.482 e. The molecule has 0 bridgehead atoms. The SMILES string of the molecule is NCc1ccc2c(c1)N(CN)C(=O)CO2. The van der Waals surface area contributed by atoms with E-state index >= 15 is 0 Å². The summed E-state index contributed by atoms with van der Waals surface area (Å²) in [6.07, 6.45) is 0. The van der Waals surface area contributed by atoms with Crippen LogP contribution in [0.5, 0.6) is 5.75 Å². The third kappa shape index (κ3) is 1.67. The Morgan fingerprint density at radius 1 is 1.40 bits per heavy atom. The number of nitrogens with two attached hydrogens (primary N) is 2. The van der Waals surface area contributed by atoms with E-state index in [0.29, 0.717) is 18.0 Å². The van der Waals surface area contributed by atoms with Crippen molar-refractivity contribution in [2.24, 2.45) is 11.5 Å². The molecular formula is C10H13N3O2. The first kappa shape index (κ1) is 9.95. The van der Waals surface area contributed by atoms with Crippen LogP contribution in [0, 0.1) is 0 Å². The zero-order valence-electron chi connectivity index (χ0n) is 8.27. The summed E-state index contributed by atoms with van der Waals surface area (Å²) in [7, 11) is 0. The average Bonchev–Trinajstić information content (AvgIpc) is 2.28. The van der Waals surface area contributed by atoms with Gasteiger partial charge in [0, 0.05) is 6.54 Å². The van der Waals surface area contributed by atoms with E-state index in [1.54, 1.807) is 0 Å². The van der Waals surface area contributed by atoms with Crippen LogP contribution in [0.2, 0.25) is 0 Å². The Labute approximate surface area is 87.6 Å². The molecular weight excluding hydrogens is 194 g/mol. The Hall–Kier alpha value is -1.59. The predicted molar refractivity (Wildman–Crippen MR) is 56.4 cm³/mol. The zero-order valence-corrected chi connectivity index (χ0v) is 8.27. The van der Waals surface area contributed by atoms with Gasteiger partial charge < -0.3 is 16.2 Å². The second-order valence-corrected chi connectivity index (χ2v) is 3.30. The van der Waals surface area contributed by atoms with E-state index in [0.717, 1.165) is 5.56 Å². The Balaban J connectivity index is 2.45. The van der Waals surface area contributed by atoms with Crippen LogP contribution in [0.1, 0.15) is 5.56 Å². The molecule has 1 aliphatic rings. The maximum absolute atomic E-state index is 11.5. The van der Waals surface area contributed by atoms with Gasteiger partial charge in [0.25, 0.3) is 5.91 Å². The van der Waals surface area contributed by atoms with Crippen molar-refractivity contribution in [1.82, 2.24) is 0 Å². The first-order valence-corrected chi connectivity index (χ1v) is 4.72. The van der Waals surface area contributed by atoms with Crippen molar-refractivity contribution in [3.05, 3.63) is 23.8 Å². The van der Waals surface area contributed by atoms with Crippen molar-refractivity contribution in [3.8, 4) is 5.75 Å². The first-order valence-electron chi connectivity index (χ1n) is 4.72. The van der Waals surface area contributed by atoms with Gasteiger partial charge >= 0.3 is 0 Å². The number of hydrogen-bond acceptors (Lipinski definition) is 4. The van der Waals surface area contributed by atoms with E-state index in [2.05, 4.69) is 0 Å². The second kappa shape index (κ2) is 3.88. The van der Waals surface area contributed by atoms with Gasteiger partial charge in [0.05, 0.1) is 12.4 Å². The molecule has 2 rings (SSSR count). The monoisotopic (exact) mass is 207 g/mol. The number of fused-ring (bicyclic) bond motifs is 1. The molecule has 80 valence electrons. The van der Waals surface area contributed by atoms with E-state index in [4.69, 9.17) is 16.2 Å². The lowest BCUT2D eigenvalue weighted by atomic mass is 10.1. The number of rotatable bonds is 2. The van der Waals surface area contributed by atoms with Crippen molar-refractivity contribution in [2.45, 2.75) is 6.54 Å². The van der Waals surface area contributed by atoms with Gasteiger partial charge in [0.1, 0.15) is 5.75 Å². The van der Waals surface area contributed by atoms with Gasteiger partial charge in [-0.3, -0.25) is 9.69 Å². The van der Waals surface area contributed by atoms with Gasteiger partial charge in [-0.05, 0) is 17.7 Å². The molecule has 0 aromatic heterocycles. The Bertz CT molecular complexity index is 392. The van der Waals surface area contributed by atoms with Crippen molar-refractivity contribution in [2.75, 3.05) is 18.2 Å². The lowest BCUT2D eigenvalue weighted by Gasteiger charge is -2.28. The molecule has 1 heterocycles. The molecule has 1 aliphatic heterocycles. The molecule has 0 saturated heterocycles. The van der Waals surface area contributed by atoms with E-state index in [-0.39, 0.29) is 19.2 Å². The predicted octanol–water partition coefficient (Wildman–Crippen LogP) is -0.213. The maximum Gasteiger partial charge on any atom is 0.266 e. The minimum atomic E-state index is -0.126. The highest BCUT2D eigenvalue weighted by atomic mass is 16.5. The summed E-state index contributed by atoms with van der Waals surface area (Å²) in [6.45, 7) is 0.634. The van der Waals surface area contributed by atoms with Crippen molar-refractivity contribution in [1.29, 1.82) is 0 Å².